The number of carbonyl (C=O) groups is 3. The minimum atomic E-state index is -1.95. The van der Waals surface area contributed by atoms with E-state index in [1.165, 1.54) is 13.8 Å². The van der Waals surface area contributed by atoms with Crippen LogP contribution in [0.4, 0.5) is 0 Å². The Morgan fingerprint density at radius 1 is 1.24 bits per heavy atom. The van der Waals surface area contributed by atoms with Crippen LogP contribution in [0.3, 0.4) is 0 Å². The summed E-state index contributed by atoms with van der Waals surface area (Å²) in [5.74, 6) is -0.133. The maximum absolute atomic E-state index is 13.1. The minimum Gasteiger partial charge on any atom is -0.454 e. The Labute approximate surface area is 199 Å². The van der Waals surface area contributed by atoms with E-state index >= 15 is 0 Å². The number of ketones is 1. The predicted octanol–water partition coefficient (Wildman–Crippen LogP) is 1.08. The Morgan fingerprint density at radius 3 is 2.44 bits per heavy atom. The molecule has 184 valence electrons. The average Bonchev–Trinajstić information content (AvgIpc) is 3.16. The summed E-state index contributed by atoms with van der Waals surface area (Å²) < 4.78 is 11.7. The highest BCUT2D eigenvalue weighted by molar-refractivity contribution is 6.04. The number of ether oxygens (including phenoxy) is 2. The molecule has 8 nitrogen and oxygen atoms in total. The first-order valence-electron chi connectivity index (χ1n) is 11.5. The summed E-state index contributed by atoms with van der Waals surface area (Å²) >= 11 is 0. The number of esters is 2. The molecule has 0 heterocycles. The van der Waals surface area contributed by atoms with Gasteiger partial charge in [-0.1, -0.05) is 38.8 Å². The number of rotatable bonds is 3. The molecule has 0 aliphatic heterocycles. The number of hydrogen-bond acceptors (Lipinski definition) is 8. The van der Waals surface area contributed by atoms with Crippen LogP contribution in [-0.4, -0.2) is 62.6 Å². The van der Waals surface area contributed by atoms with Crippen LogP contribution >= 0.6 is 0 Å². The molecule has 2 saturated carbocycles. The van der Waals surface area contributed by atoms with Gasteiger partial charge in [0, 0.05) is 48.4 Å². The van der Waals surface area contributed by atoms with Gasteiger partial charge in [0.25, 0.3) is 0 Å². The van der Waals surface area contributed by atoms with Gasteiger partial charge in [0.1, 0.15) is 11.7 Å². The maximum Gasteiger partial charge on any atom is 0.384 e. The van der Waals surface area contributed by atoms with Gasteiger partial charge >= 0.3 is 11.9 Å². The maximum atomic E-state index is 13.1. The van der Waals surface area contributed by atoms with Crippen molar-refractivity contribution in [1.82, 2.24) is 0 Å². The molecule has 34 heavy (non-hydrogen) atoms. The van der Waals surface area contributed by atoms with Gasteiger partial charge < -0.3 is 24.8 Å². The number of carbonyl (C=O) groups excluding carboxylic acids is 3. The van der Waals surface area contributed by atoms with Crippen LogP contribution in [0.5, 0.6) is 0 Å². The zero-order valence-corrected chi connectivity index (χ0v) is 20.3. The topological polar surface area (TPSA) is 130 Å². The van der Waals surface area contributed by atoms with Gasteiger partial charge in [0.2, 0.25) is 0 Å². The first kappa shape index (κ1) is 24.6. The van der Waals surface area contributed by atoms with Crippen molar-refractivity contribution in [3.8, 4) is 11.8 Å². The molecule has 4 aliphatic carbocycles. The number of Topliss-reactive ketones (excluding diaryl/α,β-unsaturated/α-hetero) is 1. The molecule has 4 aliphatic rings. The molecule has 0 aromatic carbocycles. The third kappa shape index (κ3) is 2.87. The zero-order chi connectivity index (χ0) is 25.4. The second-order valence-electron chi connectivity index (χ2n) is 10.7. The third-order valence-corrected chi connectivity index (χ3v) is 8.73. The first-order valence-corrected chi connectivity index (χ1v) is 11.5. The number of hydrogen-bond donors (Lipinski definition) is 3. The second-order valence-corrected chi connectivity index (χ2v) is 10.7. The van der Waals surface area contributed by atoms with Crippen LogP contribution in [0.2, 0.25) is 0 Å². The van der Waals surface area contributed by atoms with E-state index in [0.717, 1.165) is 0 Å². The van der Waals surface area contributed by atoms with Crippen LogP contribution in [0.1, 0.15) is 48.0 Å². The Morgan fingerprint density at radius 2 is 1.88 bits per heavy atom. The second kappa shape index (κ2) is 7.51. The molecule has 4 rings (SSSR count). The minimum absolute atomic E-state index is 0.133. The Kier molecular flexibility index (Phi) is 5.45. The number of aliphatic hydroxyl groups excluding tert-OH is 1. The van der Waals surface area contributed by atoms with E-state index in [1.807, 2.05) is 13.8 Å². The molecule has 0 saturated heterocycles. The Bertz CT molecular complexity index is 1090. The smallest absolute Gasteiger partial charge is 0.384 e. The van der Waals surface area contributed by atoms with E-state index in [-0.39, 0.29) is 6.42 Å². The van der Waals surface area contributed by atoms with E-state index in [0.29, 0.717) is 11.1 Å². The number of fused-ring (bicyclic) bond motifs is 5. The van der Waals surface area contributed by atoms with Gasteiger partial charge in [0.15, 0.2) is 11.4 Å². The highest BCUT2D eigenvalue weighted by Crippen LogP contribution is 2.77. The molecule has 0 aromatic heterocycles. The lowest BCUT2D eigenvalue weighted by molar-refractivity contribution is -0.226. The van der Waals surface area contributed by atoms with E-state index in [4.69, 9.17) is 9.47 Å². The van der Waals surface area contributed by atoms with Crippen molar-refractivity contribution in [2.24, 2.45) is 29.1 Å². The van der Waals surface area contributed by atoms with Crippen molar-refractivity contribution in [3.05, 3.63) is 23.3 Å². The zero-order valence-electron chi connectivity index (χ0n) is 20.3. The highest BCUT2D eigenvalue weighted by Gasteiger charge is 2.87. The Balaban J connectivity index is 1.96. The van der Waals surface area contributed by atoms with Crippen LogP contribution in [0.25, 0.3) is 0 Å². The molecule has 3 N–H and O–H groups in total. The molecule has 8 atom stereocenters. The van der Waals surface area contributed by atoms with Crippen LogP contribution < -0.4 is 0 Å². The largest absolute Gasteiger partial charge is 0.454 e. The summed E-state index contributed by atoms with van der Waals surface area (Å²) in [6, 6.07) is 0. The lowest BCUT2D eigenvalue weighted by atomic mass is 9.59. The van der Waals surface area contributed by atoms with Gasteiger partial charge in [-0.25, -0.2) is 4.79 Å². The standard InChI is InChI=1S/C26H32O8/c1-7-8-19(29)33-22-14(3)25(32)17(20-23(5,6)26(20,22)34-15(4)28)10-16(12-27)11-24(31)18(25)9-13(2)21(24)30/h9-10,14,17-18,20,22,27,31-32H,11-12H2,1-6H3/t14-,17+,18-,20-,22-,24-,25-,26-/m1/s1. The molecule has 0 aromatic rings. The van der Waals surface area contributed by atoms with Crippen LogP contribution in [-0.2, 0) is 23.9 Å². The first-order chi connectivity index (χ1) is 15.7. The molecule has 0 unspecified atom stereocenters. The average molecular weight is 473 g/mol. The van der Waals surface area contributed by atoms with E-state index in [1.54, 1.807) is 26.0 Å². The summed E-state index contributed by atoms with van der Waals surface area (Å²) in [5.41, 5.74) is -4.93. The van der Waals surface area contributed by atoms with Crippen molar-refractivity contribution in [2.45, 2.75) is 70.9 Å². The van der Waals surface area contributed by atoms with Gasteiger partial charge in [-0.3, -0.25) is 9.59 Å². The van der Waals surface area contributed by atoms with Crippen molar-refractivity contribution in [2.75, 3.05) is 6.61 Å². The molecule has 0 spiro atoms. The SMILES string of the molecule is CC#CC(=O)O[C@@H]1[C@@H](C)[C@@]2(O)[C@@H](C=C(CO)C[C@]3(O)C(=O)C(C)=C[C@@H]23)[C@@H]2C(C)(C)[C@]12OC(C)=O. The molecule has 0 amide bonds. The number of aliphatic hydroxyl groups is 3. The molecule has 0 bridgehead atoms. The van der Waals surface area contributed by atoms with Crippen LogP contribution in [0.15, 0.2) is 23.3 Å². The highest BCUT2D eigenvalue weighted by atomic mass is 16.6. The van der Waals surface area contributed by atoms with Gasteiger partial charge in [0.05, 0.1) is 12.2 Å². The quantitative estimate of drug-likeness (QED) is 0.241. The lowest BCUT2D eigenvalue weighted by Crippen LogP contribution is -2.66. The normalized spacial score (nSPS) is 43.6. The molecule has 2 fully saturated rings. The van der Waals surface area contributed by atoms with E-state index in [2.05, 4.69) is 11.8 Å². The fourth-order valence-electron chi connectivity index (χ4n) is 7.31. The summed E-state index contributed by atoms with van der Waals surface area (Å²) in [7, 11) is 0. The predicted molar refractivity (Wildman–Crippen MR) is 120 cm³/mol. The monoisotopic (exact) mass is 472 g/mol. The van der Waals surface area contributed by atoms with Crippen molar-refractivity contribution in [3.63, 3.8) is 0 Å². The van der Waals surface area contributed by atoms with E-state index in [9.17, 15) is 29.7 Å². The molecular formula is C26H32O8. The van der Waals surface area contributed by atoms with Gasteiger partial charge in [-0.2, -0.15) is 0 Å². The summed E-state index contributed by atoms with van der Waals surface area (Å²) in [4.78, 5) is 37.8. The summed E-state index contributed by atoms with van der Waals surface area (Å²) in [5, 5.41) is 34.1. The lowest BCUT2D eigenvalue weighted by Gasteiger charge is -2.52. The summed E-state index contributed by atoms with van der Waals surface area (Å²) in [6.45, 7) is 9.36. The van der Waals surface area contributed by atoms with Crippen molar-refractivity contribution in [1.29, 1.82) is 0 Å². The third-order valence-electron chi connectivity index (χ3n) is 8.73. The molecular weight excluding hydrogens is 440 g/mol. The molecule has 0 radical (unpaired) electrons. The Hall–Kier alpha value is -2.47. The van der Waals surface area contributed by atoms with Crippen molar-refractivity contribution < 1.29 is 39.2 Å². The summed E-state index contributed by atoms with van der Waals surface area (Å²) in [6.07, 6.45) is 2.08. The fraction of sp³-hybridized carbons (Fsp3) is 0.654. The molecule has 8 heteroatoms. The van der Waals surface area contributed by atoms with Gasteiger partial charge in [-0.15, -0.1) is 0 Å². The van der Waals surface area contributed by atoms with Crippen LogP contribution in [0, 0.1) is 40.9 Å². The van der Waals surface area contributed by atoms with E-state index < -0.39 is 76.3 Å². The van der Waals surface area contributed by atoms with Crippen molar-refractivity contribution >= 4 is 17.7 Å². The fourth-order valence-corrected chi connectivity index (χ4v) is 7.31. The van der Waals surface area contributed by atoms with Gasteiger partial charge in [-0.05, 0) is 25.0 Å².